The molecule has 8 nitrogen and oxygen atoms in total. The highest BCUT2D eigenvalue weighted by Crippen LogP contribution is 2.35. The lowest BCUT2D eigenvalue weighted by Crippen LogP contribution is -2.44. The number of rotatable bonds is 2. The summed E-state index contributed by atoms with van der Waals surface area (Å²) in [6.45, 7) is 2.77. The highest BCUT2D eigenvalue weighted by molar-refractivity contribution is 6.00. The van der Waals surface area contributed by atoms with Crippen molar-refractivity contribution in [1.29, 1.82) is 0 Å². The van der Waals surface area contributed by atoms with Crippen molar-refractivity contribution in [3.05, 3.63) is 18.5 Å². The van der Waals surface area contributed by atoms with E-state index in [0.29, 0.717) is 19.1 Å². The normalized spacial score (nSPS) is 24.4. The van der Waals surface area contributed by atoms with Gasteiger partial charge in [-0.2, -0.15) is 0 Å². The minimum absolute atomic E-state index is 0.132. The van der Waals surface area contributed by atoms with Crippen LogP contribution in [0.25, 0.3) is 22.1 Å². The highest BCUT2D eigenvalue weighted by atomic mass is 16.5. The number of aromatic amines is 1. The van der Waals surface area contributed by atoms with E-state index in [4.69, 9.17) is 4.74 Å². The van der Waals surface area contributed by atoms with Gasteiger partial charge in [-0.1, -0.05) is 5.21 Å². The van der Waals surface area contributed by atoms with E-state index in [-0.39, 0.29) is 12.0 Å². The highest BCUT2D eigenvalue weighted by Gasteiger charge is 2.32. The van der Waals surface area contributed by atoms with E-state index >= 15 is 0 Å². The zero-order valence-electron chi connectivity index (χ0n) is 14.6. The van der Waals surface area contributed by atoms with Crippen LogP contribution in [0.4, 0.5) is 0 Å². The molecule has 1 N–H and O–H groups in total. The molecule has 3 aromatic rings. The zero-order valence-corrected chi connectivity index (χ0v) is 14.6. The van der Waals surface area contributed by atoms with Gasteiger partial charge in [0.25, 0.3) is 0 Å². The molecule has 136 valence electrons. The minimum atomic E-state index is 0.132. The van der Waals surface area contributed by atoms with Crippen LogP contribution in [0.1, 0.15) is 31.7 Å². The molecule has 26 heavy (non-hydrogen) atoms. The number of hydrogen-bond donors (Lipinski definition) is 1. The molecule has 1 amide bonds. The first-order chi connectivity index (χ1) is 12.8. The molecule has 0 spiro atoms. The number of aromatic nitrogens is 5. The largest absolute Gasteiger partial charge is 0.378 e. The van der Waals surface area contributed by atoms with Gasteiger partial charge < -0.3 is 14.6 Å². The minimum Gasteiger partial charge on any atom is -0.378 e. The van der Waals surface area contributed by atoms with Crippen molar-refractivity contribution in [2.24, 2.45) is 5.92 Å². The van der Waals surface area contributed by atoms with Crippen molar-refractivity contribution < 1.29 is 9.53 Å². The summed E-state index contributed by atoms with van der Waals surface area (Å²) in [5.74, 6) is 0.431. The topological polar surface area (TPSA) is 88.9 Å². The summed E-state index contributed by atoms with van der Waals surface area (Å²) in [5.41, 5.74) is 2.72. The number of carbonyl (C=O) groups excluding carboxylic acids is 1. The Bertz CT molecular complexity index is 934. The van der Waals surface area contributed by atoms with Crippen molar-refractivity contribution in [2.75, 3.05) is 26.3 Å². The van der Waals surface area contributed by atoms with E-state index in [1.165, 1.54) is 0 Å². The third kappa shape index (κ3) is 2.56. The SMILES string of the molecule is O=C(C1CCC(n2nnc3cnc4[nH]ccc4c32)CC1)N1CCOCC1. The van der Waals surface area contributed by atoms with Crippen LogP contribution in [0.5, 0.6) is 0 Å². The molecule has 0 radical (unpaired) electrons. The van der Waals surface area contributed by atoms with E-state index in [1.54, 1.807) is 6.20 Å². The zero-order chi connectivity index (χ0) is 17.5. The van der Waals surface area contributed by atoms with Gasteiger partial charge >= 0.3 is 0 Å². The van der Waals surface area contributed by atoms with Gasteiger partial charge in [0.05, 0.1) is 25.5 Å². The van der Waals surface area contributed by atoms with Gasteiger partial charge in [-0.3, -0.25) is 4.79 Å². The fraction of sp³-hybridized carbons (Fsp3) is 0.556. The maximum atomic E-state index is 12.7. The Morgan fingerprint density at radius 1 is 1.19 bits per heavy atom. The first kappa shape index (κ1) is 15.7. The molecule has 8 heteroatoms. The lowest BCUT2D eigenvalue weighted by molar-refractivity contribution is -0.140. The molecule has 0 atom stereocenters. The number of H-pyrrole nitrogens is 1. The molecule has 0 unspecified atom stereocenters. The van der Waals surface area contributed by atoms with Gasteiger partial charge in [0.2, 0.25) is 5.91 Å². The smallest absolute Gasteiger partial charge is 0.225 e. The molecule has 1 aliphatic carbocycles. The molecule has 2 aliphatic rings. The maximum Gasteiger partial charge on any atom is 0.225 e. The van der Waals surface area contributed by atoms with Gasteiger partial charge in [-0.05, 0) is 31.7 Å². The molecule has 1 aliphatic heterocycles. The van der Waals surface area contributed by atoms with Gasteiger partial charge in [0.1, 0.15) is 16.7 Å². The van der Waals surface area contributed by atoms with Crippen LogP contribution in [0.2, 0.25) is 0 Å². The average molecular weight is 354 g/mol. The van der Waals surface area contributed by atoms with Crippen LogP contribution in [0, 0.1) is 5.92 Å². The number of amides is 1. The first-order valence-corrected chi connectivity index (χ1v) is 9.35. The summed E-state index contributed by atoms with van der Waals surface area (Å²) in [6.07, 6.45) is 7.38. The fourth-order valence-electron chi connectivity index (χ4n) is 4.30. The summed E-state index contributed by atoms with van der Waals surface area (Å²) in [7, 11) is 0. The number of morpholine rings is 1. The number of fused-ring (bicyclic) bond motifs is 3. The number of carbonyl (C=O) groups is 1. The Morgan fingerprint density at radius 3 is 2.81 bits per heavy atom. The molecule has 2 fully saturated rings. The van der Waals surface area contributed by atoms with Crippen molar-refractivity contribution in [3.8, 4) is 0 Å². The molecule has 5 rings (SSSR count). The second-order valence-electron chi connectivity index (χ2n) is 7.21. The summed E-state index contributed by atoms with van der Waals surface area (Å²) in [6, 6.07) is 2.31. The lowest BCUT2D eigenvalue weighted by Gasteiger charge is -2.34. The van der Waals surface area contributed by atoms with Gasteiger partial charge in [0, 0.05) is 30.6 Å². The lowest BCUT2D eigenvalue weighted by atomic mass is 9.85. The summed E-state index contributed by atoms with van der Waals surface area (Å²) < 4.78 is 7.40. The Labute approximate surface area is 150 Å². The molecule has 0 bridgehead atoms. The Hall–Kier alpha value is -2.48. The van der Waals surface area contributed by atoms with Crippen molar-refractivity contribution in [1.82, 2.24) is 29.9 Å². The Morgan fingerprint density at radius 2 is 2.00 bits per heavy atom. The molecule has 1 saturated carbocycles. The Kier molecular flexibility index (Phi) is 3.85. The summed E-state index contributed by atoms with van der Waals surface area (Å²) in [4.78, 5) is 22.2. The Balaban J connectivity index is 1.35. The van der Waals surface area contributed by atoms with E-state index < -0.39 is 0 Å². The monoisotopic (exact) mass is 354 g/mol. The van der Waals surface area contributed by atoms with Gasteiger partial charge in [0.15, 0.2) is 0 Å². The standard InChI is InChI=1S/C18H22N6O2/c25-18(23-7-9-26-10-8-23)12-1-3-13(4-2-12)24-16-14-5-6-19-17(14)20-11-15(16)21-22-24/h5-6,11-13H,1-4,7-10H2,(H,19,20). The summed E-state index contributed by atoms with van der Waals surface area (Å²) in [5, 5.41) is 9.76. The van der Waals surface area contributed by atoms with Crippen LogP contribution < -0.4 is 0 Å². The predicted octanol–water partition coefficient (Wildman–Crippen LogP) is 1.90. The van der Waals surface area contributed by atoms with Crippen LogP contribution in [-0.2, 0) is 9.53 Å². The van der Waals surface area contributed by atoms with Crippen molar-refractivity contribution in [2.45, 2.75) is 31.7 Å². The van der Waals surface area contributed by atoms with Crippen LogP contribution >= 0.6 is 0 Å². The molecule has 1 saturated heterocycles. The third-order valence-electron chi connectivity index (χ3n) is 5.73. The van der Waals surface area contributed by atoms with E-state index in [2.05, 4.69) is 20.3 Å². The van der Waals surface area contributed by atoms with Crippen LogP contribution in [0.3, 0.4) is 0 Å². The van der Waals surface area contributed by atoms with Crippen LogP contribution in [-0.4, -0.2) is 62.1 Å². The second kappa shape index (κ2) is 6.35. The molecule has 0 aromatic carbocycles. The number of hydrogen-bond acceptors (Lipinski definition) is 5. The average Bonchev–Trinajstić information content (AvgIpc) is 3.34. The van der Waals surface area contributed by atoms with E-state index in [0.717, 1.165) is 60.8 Å². The van der Waals surface area contributed by atoms with Crippen molar-refractivity contribution in [3.63, 3.8) is 0 Å². The van der Waals surface area contributed by atoms with Gasteiger partial charge in [-0.15, -0.1) is 5.10 Å². The number of nitrogens with zero attached hydrogens (tertiary/aromatic N) is 5. The second-order valence-corrected chi connectivity index (χ2v) is 7.21. The quantitative estimate of drug-likeness (QED) is 0.759. The first-order valence-electron chi connectivity index (χ1n) is 9.35. The number of pyridine rings is 1. The number of ether oxygens (including phenoxy) is 1. The molecule has 3 aromatic heterocycles. The van der Waals surface area contributed by atoms with E-state index in [9.17, 15) is 4.79 Å². The maximum absolute atomic E-state index is 12.7. The third-order valence-corrected chi connectivity index (χ3v) is 5.73. The fourth-order valence-corrected chi connectivity index (χ4v) is 4.30. The summed E-state index contributed by atoms with van der Waals surface area (Å²) >= 11 is 0. The molecule has 4 heterocycles. The van der Waals surface area contributed by atoms with E-state index in [1.807, 2.05) is 21.8 Å². The van der Waals surface area contributed by atoms with Crippen molar-refractivity contribution >= 4 is 28.0 Å². The number of nitrogens with one attached hydrogen (secondary N) is 1. The van der Waals surface area contributed by atoms with Gasteiger partial charge in [-0.25, -0.2) is 9.67 Å². The molecular weight excluding hydrogens is 332 g/mol. The van der Waals surface area contributed by atoms with Crippen LogP contribution in [0.15, 0.2) is 18.5 Å². The molecular formula is C18H22N6O2. The predicted molar refractivity (Wildman–Crippen MR) is 95.6 cm³/mol.